The zero-order valence-electron chi connectivity index (χ0n) is 15.9. The summed E-state index contributed by atoms with van der Waals surface area (Å²) in [5.41, 5.74) is 3.55. The topological polar surface area (TPSA) is 47.4 Å². The molecule has 7 heteroatoms. The first kappa shape index (κ1) is 20.2. The average molecular weight is 418 g/mol. The van der Waals surface area contributed by atoms with E-state index < -0.39 is 0 Å². The van der Waals surface area contributed by atoms with E-state index in [4.69, 9.17) is 27.9 Å². The summed E-state index contributed by atoms with van der Waals surface area (Å²) >= 11 is 12.0. The molecule has 2 aromatic carbocycles. The van der Waals surface area contributed by atoms with Gasteiger partial charge in [0.1, 0.15) is 12.4 Å². The van der Waals surface area contributed by atoms with Crippen molar-refractivity contribution in [3.8, 4) is 5.75 Å². The van der Waals surface area contributed by atoms with E-state index in [-0.39, 0.29) is 5.91 Å². The molecule has 3 rings (SSSR count). The van der Waals surface area contributed by atoms with Gasteiger partial charge in [-0.1, -0.05) is 35.3 Å². The number of nitrogens with zero attached hydrogens (tertiary/aromatic N) is 3. The van der Waals surface area contributed by atoms with Crippen LogP contribution in [0.3, 0.4) is 0 Å². The molecule has 0 saturated carbocycles. The Morgan fingerprint density at radius 3 is 2.68 bits per heavy atom. The van der Waals surface area contributed by atoms with E-state index in [1.54, 1.807) is 47.1 Å². The van der Waals surface area contributed by atoms with Crippen LogP contribution in [0.25, 0.3) is 0 Å². The molecule has 5 nitrogen and oxygen atoms in total. The van der Waals surface area contributed by atoms with Gasteiger partial charge in [-0.05, 0) is 42.8 Å². The quantitative estimate of drug-likeness (QED) is 0.573. The molecule has 146 valence electrons. The first-order chi connectivity index (χ1) is 13.3. The largest absolute Gasteiger partial charge is 0.487 e. The van der Waals surface area contributed by atoms with Crippen molar-refractivity contribution in [2.24, 2.45) is 7.05 Å². The van der Waals surface area contributed by atoms with E-state index in [9.17, 15) is 4.79 Å². The van der Waals surface area contributed by atoms with Gasteiger partial charge in [-0.25, -0.2) is 0 Å². The van der Waals surface area contributed by atoms with Crippen LogP contribution in [0.2, 0.25) is 10.0 Å². The number of rotatable bonds is 6. The van der Waals surface area contributed by atoms with Crippen molar-refractivity contribution in [1.29, 1.82) is 0 Å². The smallest absolute Gasteiger partial charge is 0.253 e. The van der Waals surface area contributed by atoms with Crippen molar-refractivity contribution in [1.82, 2.24) is 14.7 Å². The number of carbonyl (C=O) groups excluding carboxylic acids is 1. The van der Waals surface area contributed by atoms with Gasteiger partial charge < -0.3 is 9.64 Å². The second-order valence-corrected chi connectivity index (χ2v) is 7.45. The summed E-state index contributed by atoms with van der Waals surface area (Å²) in [7, 11) is 3.67. The molecule has 0 aliphatic carbocycles. The highest BCUT2D eigenvalue weighted by Gasteiger charge is 2.15. The first-order valence-corrected chi connectivity index (χ1v) is 9.50. The Balaban J connectivity index is 1.67. The minimum absolute atomic E-state index is 0.0605. The lowest BCUT2D eigenvalue weighted by molar-refractivity contribution is 0.0784. The highest BCUT2D eigenvalue weighted by atomic mass is 35.5. The Bertz CT molecular complexity index is 1000. The lowest BCUT2D eigenvalue weighted by atomic mass is 10.1. The lowest BCUT2D eigenvalue weighted by Crippen LogP contribution is -2.26. The van der Waals surface area contributed by atoms with Crippen molar-refractivity contribution in [2.75, 3.05) is 7.05 Å². The molecule has 3 aromatic rings. The van der Waals surface area contributed by atoms with Crippen LogP contribution in [-0.4, -0.2) is 27.6 Å². The van der Waals surface area contributed by atoms with Crippen molar-refractivity contribution in [3.05, 3.63) is 81.1 Å². The van der Waals surface area contributed by atoms with Crippen LogP contribution in [0.15, 0.2) is 48.7 Å². The van der Waals surface area contributed by atoms with Gasteiger partial charge in [0, 0.05) is 42.5 Å². The van der Waals surface area contributed by atoms with Crippen LogP contribution >= 0.6 is 23.2 Å². The maximum Gasteiger partial charge on any atom is 0.253 e. The number of hydrogen-bond acceptors (Lipinski definition) is 3. The number of aromatic nitrogens is 2. The molecular weight excluding hydrogens is 397 g/mol. The Labute approximate surface area is 174 Å². The Kier molecular flexibility index (Phi) is 6.27. The molecular formula is C21H21Cl2N3O2. The van der Waals surface area contributed by atoms with Crippen LogP contribution in [0.5, 0.6) is 5.75 Å². The lowest BCUT2D eigenvalue weighted by Gasteiger charge is -2.17. The predicted octanol–water partition coefficient (Wildman–Crippen LogP) is 4.89. The van der Waals surface area contributed by atoms with Crippen molar-refractivity contribution < 1.29 is 9.53 Å². The number of amides is 1. The van der Waals surface area contributed by atoms with Gasteiger partial charge >= 0.3 is 0 Å². The summed E-state index contributed by atoms with van der Waals surface area (Å²) in [6, 6.07) is 12.5. The summed E-state index contributed by atoms with van der Waals surface area (Å²) in [4.78, 5) is 14.5. The van der Waals surface area contributed by atoms with Crippen molar-refractivity contribution in [3.63, 3.8) is 0 Å². The zero-order chi connectivity index (χ0) is 20.3. The minimum Gasteiger partial charge on any atom is -0.487 e. The number of carbonyl (C=O) groups is 1. The number of aryl methyl sites for hydroxylation is 1. The van der Waals surface area contributed by atoms with Gasteiger partial charge in [0.2, 0.25) is 0 Å². The molecule has 1 aromatic heterocycles. The Hall–Kier alpha value is -2.50. The van der Waals surface area contributed by atoms with Crippen LogP contribution in [0, 0.1) is 6.92 Å². The number of ether oxygens (including phenoxy) is 1. The van der Waals surface area contributed by atoms with Crippen LogP contribution in [-0.2, 0) is 20.2 Å². The molecule has 0 unspecified atom stereocenters. The third-order valence-electron chi connectivity index (χ3n) is 4.55. The highest BCUT2D eigenvalue weighted by Crippen LogP contribution is 2.28. The monoisotopic (exact) mass is 417 g/mol. The number of halogens is 2. The summed E-state index contributed by atoms with van der Waals surface area (Å²) in [6.07, 6.45) is 1.79. The van der Waals surface area contributed by atoms with E-state index in [0.29, 0.717) is 34.5 Å². The van der Waals surface area contributed by atoms with Gasteiger partial charge in [-0.15, -0.1) is 0 Å². The van der Waals surface area contributed by atoms with E-state index in [1.807, 2.05) is 32.2 Å². The maximum atomic E-state index is 12.8. The molecule has 1 heterocycles. The Morgan fingerprint density at radius 1 is 1.21 bits per heavy atom. The van der Waals surface area contributed by atoms with Crippen LogP contribution in [0.1, 0.15) is 27.2 Å². The second-order valence-electron chi connectivity index (χ2n) is 6.60. The fraction of sp³-hybridized carbons (Fsp3) is 0.238. The molecule has 0 radical (unpaired) electrons. The van der Waals surface area contributed by atoms with Crippen LogP contribution in [0.4, 0.5) is 0 Å². The highest BCUT2D eigenvalue weighted by molar-refractivity contribution is 6.35. The third kappa shape index (κ3) is 4.66. The molecule has 0 atom stereocenters. The van der Waals surface area contributed by atoms with E-state index in [0.717, 1.165) is 16.8 Å². The minimum atomic E-state index is -0.0605. The van der Waals surface area contributed by atoms with Gasteiger partial charge in [-0.3, -0.25) is 9.48 Å². The predicted molar refractivity (Wildman–Crippen MR) is 111 cm³/mol. The number of hydrogen-bond donors (Lipinski definition) is 0. The third-order valence-corrected chi connectivity index (χ3v) is 5.08. The van der Waals surface area contributed by atoms with Gasteiger partial charge in [0.25, 0.3) is 5.91 Å². The molecule has 1 amide bonds. The zero-order valence-corrected chi connectivity index (χ0v) is 17.5. The standard InChI is InChI=1S/C21H21Cl2N3O2/c1-14-17(11-24-26(14)3)12-25(2)21(27)16-6-4-5-15(9-16)13-28-20-8-7-18(22)10-19(20)23/h4-11H,12-13H2,1-3H3. The van der Waals surface area contributed by atoms with Gasteiger partial charge in [-0.2, -0.15) is 5.10 Å². The van der Waals surface area contributed by atoms with Gasteiger partial charge in [0.15, 0.2) is 0 Å². The molecule has 0 aliphatic rings. The molecule has 0 spiro atoms. The molecule has 28 heavy (non-hydrogen) atoms. The summed E-state index contributed by atoms with van der Waals surface area (Å²) in [5, 5.41) is 5.23. The molecule has 0 fully saturated rings. The normalized spacial score (nSPS) is 10.8. The maximum absolute atomic E-state index is 12.8. The fourth-order valence-corrected chi connectivity index (χ4v) is 3.26. The second kappa shape index (κ2) is 8.67. The van der Waals surface area contributed by atoms with E-state index >= 15 is 0 Å². The molecule has 0 bridgehead atoms. The van der Waals surface area contributed by atoms with Gasteiger partial charge in [0.05, 0.1) is 11.2 Å². The van der Waals surface area contributed by atoms with E-state index in [1.165, 1.54) is 0 Å². The van der Waals surface area contributed by atoms with Crippen LogP contribution < -0.4 is 4.74 Å². The summed E-state index contributed by atoms with van der Waals surface area (Å²) in [6.45, 7) is 2.79. The number of benzene rings is 2. The molecule has 0 N–H and O–H groups in total. The molecule has 0 aliphatic heterocycles. The molecule has 0 saturated heterocycles. The summed E-state index contributed by atoms with van der Waals surface area (Å²) < 4.78 is 7.56. The van der Waals surface area contributed by atoms with E-state index in [2.05, 4.69) is 5.10 Å². The van der Waals surface area contributed by atoms with Crippen molar-refractivity contribution >= 4 is 29.1 Å². The fourth-order valence-electron chi connectivity index (χ4n) is 2.79. The Morgan fingerprint density at radius 2 is 2.00 bits per heavy atom. The SMILES string of the molecule is Cc1c(CN(C)C(=O)c2cccc(COc3ccc(Cl)cc3Cl)c2)cnn1C. The summed E-state index contributed by atoms with van der Waals surface area (Å²) in [5.74, 6) is 0.488. The first-order valence-electron chi connectivity index (χ1n) is 8.75. The average Bonchev–Trinajstić information content (AvgIpc) is 2.99. The van der Waals surface area contributed by atoms with Crippen molar-refractivity contribution in [2.45, 2.75) is 20.1 Å².